The summed E-state index contributed by atoms with van der Waals surface area (Å²) in [6, 6.07) is 0. The third kappa shape index (κ3) is 30.5. The van der Waals surface area contributed by atoms with Crippen LogP contribution in [0.5, 0.6) is 0 Å². The highest BCUT2D eigenvalue weighted by Gasteiger charge is 1.96. The molecule has 0 aliphatic heterocycles. The number of hydrogen-bond acceptors (Lipinski definition) is 8. The molecular weight excluding hydrogens is 416 g/mol. The van der Waals surface area contributed by atoms with E-state index in [9.17, 15) is 9.59 Å². The van der Waals surface area contributed by atoms with Gasteiger partial charge < -0.3 is 28.4 Å². The maximum absolute atomic E-state index is 10.7. The Morgan fingerprint density at radius 3 is 1.41 bits per heavy atom. The van der Waals surface area contributed by atoms with Crippen LogP contribution in [0.2, 0.25) is 0 Å². The summed E-state index contributed by atoms with van der Waals surface area (Å²) in [6.07, 6.45) is 9.22. The molecule has 188 valence electrons. The number of unbranched alkanes of at least 4 members (excludes halogenated alkanes) is 5. The van der Waals surface area contributed by atoms with E-state index >= 15 is 0 Å². The Morgan fingerprint density at radius 2 is 0.906 bits per heavy atom. The molecular formula is C24H44O8. The van der Waals surface area contributed by atoms with E-state index in [1.807, 2.05) is 13.8 Å². The quantitative estimate of drug-likeness (QED) is 0.137. The highest BCUT2D eigenvalue weighted by Crippen LogP contribution is 2.05. The predicted octanol–water partition coefficient (Wildman–Crippen LogP) is 3.88. The van der Waals surface area contributed by atoms with Gasteiger partial charge in [0.25, 0.3) is 0 Å². The summed E-state index contributed by atoms with van der Waals surface area (Å²) in [4.78, 5) is 21.3. The number of esters is 2. The van der Waals surface area contributed by atoms with Crippen LogP contribution in [-0.4, -0.2) is 78.0 Å². The molecule has 32 heavy (non-hydrogen) atoms. The summed E-state index contributed by atoms with van der Waals surface area (Å²) < 4.78 is 30.3. The van der Waals surface area contributed by atoms with Gasteiger partial charge in [-0.3, -0.25) is 0 Å². The van der Waals surface area contributed by atoms with Gasteiger partial charge in [-0.25, -0.2) is 9.59 Å². The fourth-order valence-electron chi connectivity index (χ4n) is 2.23. The average molecular weight is 461 g/mol. The van der Waals surface area contributed by atoms with Crippen molar-refractivity contribution in [2.75, 3.05) is 66.1 Å². The topological polar surface area (TPSA) is 89.5 Å². The van der Waals surface area contributed by atoms with Crippen molar-refractivity contribution in [2.24, 2.45) is 0 Å². The molecule has 0 radical (unpaired) electrons. The number of carbonyl (C=O) groups is 2. The van der Waals surface area contributed by atoms with Crippen LogP contribution in [0.1, 0.15) is 52.4 Å². The molecule has 0 amide bonds. The van der Waals surface area contributed by atoms with E-state index in [1.54, 1.807) is 0 Å². The van der Waals surface area contributed by atoms with Gasteiger partial charge in [0.2, 0.25) is 0 Å². The van der Waals surface area contributed by atoms with E-state index in [0.717, 1.165) is 38.6 Å². The van der Waals surface area contributed by atoms with E-state index < -0.39 is 5.97 Å². The minimum atomic E-state index is -0.434. The van der Waals surface area contributed by atoms with E-state index in [4.69, 9.17) is 28.4 Å². The molecule has 0 fully saturated rings. The van der Waals surface area contributed by atoms with Gasteiger partial charge in [0, 0.05) is 32.0 Å². The van der Waals surface area contributed by atoms with Crippen LogP contribution in [0.3, 0.4) is 0 Å². The molecule has 0 unspecified atom stereocenters. The van der Waals surface area contributed by atoms with Crippen LogP contribution >= 0.6 is 0 Å². The van der Waals surface area contributed by atoms with Crippen molar-refractivity contribution >= 4 is 11.9 Å². The Labute approximate surface area is 194 Å². The van der Waals surface area contributed by atoms with Crippen LogP contribution in [0.15, 0.2) is 25.3 Å². The van der Waals surface area contributed by atoms with Gasteiger partial charge in [-0.15, -0.1) is 0 Å². The lowest BCUT2D eigenvalue weighted by Crippen LogP contribution is -2.13. The summed E-state index contributed by atoms with van der Waals surface area (Å²) in [5, 5.41) is 0. The van der Waals surface area contributed by atoms with Gasteiger partial charge in [-0.1, -0.05) is 38.8 Å². The molecule has 0 rings (SSSR count). The fraction of sp³-hybridized carbons (Fsp3) is 0.750. The standard InChI is InChI=1S/C13H24O3.C11H20O5/c1-3-13(14)16-12-10-8-6-5-7-9-11-15-4-2;1-3-11(12)16-10-9-15-8-7-14-6-5-13-4-2/h3H,1,4-12H2,2H3;3H,1,4-10H2,2H3. The highest BCUT2D eigenvalue weighted by molar-refractivity contribution is 5.81. The Hall–Kier alpha value is -1.74. The molecule has 8 nitrogen and oxygen atoms in total. The lowest BCUT2D eigenvalue weighted by molar-refractivity contribution is -0.139. The largest absolute Gasteiger partial charge is 0.463 e. The molecule has 0 aromatic rings. The number of rotatable bonds is 22. The molecule has 0 bridgehead atoms. The van der Waals surface area contributed by atoms with Crippen LogP contribution in [0.4, 0.5) is 0 Å². The zero-order chi connectivity index (χ0) is 24.1. The number of hydrogen-bond donors (Lipinski definition) is 0. The van der Waals surface area contributed by atoms with Gasteiger partial charge in [0.05, 0.1) is 39.6 Å². The third-order valence-electron chi connectivity index (χ3n) is 3.88. The summed E-state index contributed by atoms with van der Waals surface area (Å²) in [7, 11) is 0. The van der Waals surface area contributed by atoms with Gasteiger partial charge >= 0.3 is 11.9 Å². The van der Waals surface area contributed by atoms with E-state index in [-0.39, 0.29) is 12.6 Å². The SMILES string of the molecule is C=CC(=O)OCCCCCCCCOCC.C=CC(=O)OCCOCCOCCOCC. The first kappa shape index (κ1) is 32.4. The summed E-state index contributed by atoms with van der Waals surface area (Å²) >= 11 is 0. The van der Waals surface area contributed by atoms with Gasteiger partial charge in [0.15, 0.2) is 0 Å². The zero-order valence-corrected chi connectivity index (χ0v) is 20.1. The second kappa shape index (κ2) is 29.3. The van der Waals surface area contributed by atoms with Crippen molar-refractivity contribution in [3.8, 4) is 0 Å². The fourth-order valence-corrected chi connectivity index (χ4v) is 2.23. The first-order valence-electron chi connectivity index (χ1n) is 11.5. The van der Waals surface area contributed by atoms with Gasteiger partial charge in [-0.2, -0.15) is 0 Å². The Morgan fingerprint density at radius 1 is 0.531 bits per heavy atom. The molecule has 0 saturated heterocycles. The lowest BCUT2D eigenvalue weighted by Gasteiger charge is -2.06. The van der Waals surface area contributed by atoms with E-state index in [0.29, 0.717) is 46.2 Å². The highest BCUT2D eigenvalue weighted by atomic mass is 16.6. The molecule has 0 aromatic heterocycles. The van der Waals surface area contributed by atoms with Crippen molar-refractivity contribution in [2.45, 2.75) is 52.4 Å². The average Bonchev–Trinajstić information content (AvgIpc) is 2.81. The van der Waals surface area contributed by atoms with E-state index in [2.05, 4.69) is 13.2 Å². The maximum Gasteiger partial charge on any atom is 0.330 e. The molecule has 0 saturated carbocycles. The zero-order valence-electron chi connectivity index (χ0n) is 20.1. The lowest BCUT2D eigenvalue weighted by atomic mass is 10.1. The van der Waals surface area contributed by atoms with Crippen LogP contribution < -0.4 is 0 Å². The molecule has 0 N–H and O–H groups in total. The molecule has 0 aliphatic rings. The van der Waals surface area contributed by atoms with Crippen LogP contribution in [-0.2, 0) is 38.0 Å². The Balaban J connectivity index is 0. The minimum absolute atomic E-state index is 0.240. The molecule has 0 heterocycles. The molecule has 0 atom stereocenters. The second-order valence-electron chi connectivity index (χ2n) is 6.48. The maximum atomic E-state index is 10.7. The van der Waals surface area contributed by atoms with Crippen molar-refractivity contribution in [3.63, 3.8) is 0 Å². The molecule has 0 spiro atoms. The monoisotopic (exact) mass is 460 g/mol. The molecule has 0 aromatic carbocycles. The smallest absolute Gasteiger partial charge is 0.330 e. The van der Waals surface area contributed by atoms with Crippen molar-refractivity contribution in [1.82, 2.24) is 0 Å². The first-order valence-corrected chi connectivity index (χ1v) is 11.5. The number of ether oxygens (including phenoxy) is 6. The van der Waals surface area contributed by atoms with Crippen molar-refractivity contribution < 1.29 is 38.0 Å². The molecule has 0 aliphatic carbocycles. The normalized spacial score (nSPS) is 10.1. The van der Waals surface area contributed by atoms with Crippen LogP contribution in [0.25, 0.3) is 0 Å². The van der Waals surface area contributed by atoms with E-state index in [1.165, 1.54) is 25.3 Å². The Bertz CT molecular complexity index is 400. The first-order chi connectivity index (χ1) is 15.6. The van der Waals surface area contributed by atoms with Crippen molar-refractivity contribution in [3.05, 3.63) is 25.3 Å². The predicted molar refractivity (Wildman–Crippen MR) is 125 cm³/mol. The second-order valence-corrected chi connectivity index (χ2v) is 6.48. The van der Waals surface area contributed by atoms with Crippen molar-refractivity contribution in [1.29, 1.82) is 0 Å². The Kier molecular flexibility index (Phi) is 29.7. The van der Waals surface area contributed by atoms with Crippen LogP contribution in [0, 0.1) is 0 Å². The third-order valence-corrected chi connectivity index (χ3v) is 3.88. The summed E-state index contributed by atoms with van der Waals surface area (Å²) in [6.45, 7) is 16.3. The van der Waals surface area contributed by atoms with Gasteiger partial charge in [0.1, 0.15) is 6.61 Å². The summed E-state index contributed by atoms with van der Waals surface area (Å²) in [5.41, 5.74) is 0. The number of carbonyl (C=O) groups excluding carboxylic acids is 2. The molecule has 8 heteroatoms. The summed E-state index contributed by atoms with van der Waals surface area (Å²) in [5.74, 6) is -0.756. The van der Waals surface area contributed by atoms with Gasteiger partial charge in [-0.05, 0) is 26.7 Å². The minimum Gasteiger partial charge on any atom is -0.463 e.